The minimum atomic E-state index is -3.53. The number of hydrogen-bond donors (Lipinski definition) is 1. The lowest BCUT2D eigenvalue weighted by Crippen LogP contribution is -2.25. The molecule has 1 heterocycles. The molecular formula is C14H18N2O3S. The molecule has 0 aliphatic heterocycles. The van der Waals surface area contributed by atoms with Crippen LogP contribution in [0, 0.1) is 6.92 Å². The van der Waals surface area contributed by atoms with Crippen molar-refractivity contribution in [3.8, 4) is 0 Å². The summed E-state index contributed by atoms with van der Waals surface area (Å²) in [6, 6.07) is 6.92. The molecule has 0 spiro atoms. The number of aromatic nitrogens is 1. The Morgan fingerprint density at radius 3 is 2.85 bits per heavy atom. The first-order valence-corrected chi connectivity index (χ1v) is 7.87. The number of methoxy groups -OCH3 is 1. The fourth-order valence-electron chi connectivity index (χ4n) is 2.02. The lowest BCUT2D eigenvalue weighted by Gasteiger charge is -2.10. The van der Waals surface area contributed by atoms with Gasteiger partial charge in [-0.15, -0.1) is 0 Å². The lowest BCUT2D eigenvalue weighted by molar-refractivity contribution is 0.196. The van der Waals surface area contributed by atoms with E-state index in [4.69, 9.17) is 4.74 Å². The van der Waals surface area contributed by atoms with Gasteiger partial charge in [-0.3, -0.25) is 4.98 Å². The molecule has 0 saturated carbocycles. The Morgan fingerprint density at radius 2 is 2.10 bits per heavy atom. The maximum absolute atomic E-state index is 12.3. The molecule has 1 aromatic carbocycles. The standard InChI is InChI=1S/C14H18N2O3S/c1-11-6-7-13(12-5-3-8-15-14(11)12)20(17,18)16-9-4-10-19-2/h3,5-8,16H,4,9-10H2,1-2H3. The molecule has 0 aliphatic carbocycles. The van der Waals surface area contributed by atoms with Gasteiger partial charge in [-0.25, -0.2) is 13.1 Å². The second kappa shape index (κ2) is 6.30. The van der Waals surface area contributed by atoms with Crippen molar-refractivity contribution >= 4 is 20.9 Å². The van der Waals surface area contributed by atoms with E-state index < -0.39 is 10.0 Å². The predicted octanol–water partition coefficient (Wildman–Crippen LogP) is 1.86. The minimum Gasteiger partial charge on any atom is -0.385 e. The Labute approximate surface area is 119 Å². The number of pyridine rings is 1. The smallest absolute Gasteiger partial charge is 0.241 e. The number of benzene rings is 1. The molecule has 5 nitrogen and oxygen atoms in total. The maximum Gasteiger partial charge on any atom is 0.241 e. The molecule has 1 aromatic heterocycles. The first kappa shape index (κ1) is 14.9. The number of hydrogen-bond acceptors (Lipinski definition) is 4. The topological polar surface area (TPSA) is 68.3 Å². The molecule has 2 aromatic rings. The van der Waals surface area contributed by atoms with E-state index in [0.29, 0.717) is 30.5 Å². The Balaban J connectivity index is 2.35. The summed E-state index contributed by atoms with van der Waals surface area (Å²) in [5.41, 5.74) is 1.67. The fraction of sp³-hybridized carbons (Fsp3) is 0.357. The third-order valence-corrected chi connectivity index (χ3v) is 4.56. The number of rotatable bonds is 6. The lowest BCUT2D eigenvalue weighted by atomic mass is 10.1. The van der Waals surface area contributed by atoms with Crippen molar-refractivity contribution in [3.63, 3.8) is 0 Å². The van der Waals surface area contributed by atoms with Gasteiger partial charge in [0.15, 0.2) is 0 Å². The van der Waals surface area contributed by atoms with Gasteiger partial charge in [0.05, 0.1) is 10.4 Å². The average molecular weight is 294 g/mol. The Morgan fingerprint density at radius 1 is 1.30 bits per heavy atom. The van der Waals surface area contributed by atoms with Gasteiger partial charge in [-0.2, -0.15) is 0 Å². The molecule has 20 heavy (non-hydrogen) atoms. The average Bonchev–Trinajstić information content (AvgIpc) is 2.44. The number of aryl methyl sites for hydroxylation is 1. The van der Waals surface area contributed by atoms with Crippen LogP contribution in [0.15, 0.2) is 35.4 Å². The van der Waals surface area contributed by atoms with Gasteiger partial charge in [0, 0.05) is 31.8 Å². The van der Waals surface area contributed by atoms with Crippen LogP contribution in [0.3, 0.4) is 0 Å². The molecule has 0 bridgehead atoms. The monoisotopic (exact) mass is 294 g/mol. The van der Waals surface area contributed by atoms with Crippen LogP contribution in [0.5, 0.6) is 0 Å². The second-order valence-electron chi connectivity index (χ2n) is 4.52. The Hall–Kier alpha value is -1.50. The van der Waals surface area contributed by atoms with Crippen LogP contribution in [0.2, 0.25) is 0 Å². The van der Waals surface area contributed by atoms with E-state index in [1.165, 1.54) is 0 Å². The molecule has 0 atom stereocenters. The molecule has 0 amide bonds. The van der Waals surface area contributed by atoms with Crippen molar-refractivity contribution in [3.05, 3.63) is 36.0 Å². The largest absolute Gasteiger partial charge is 0.385 e. The number of fused-ring (bicyclic) bond motifs is 1. The molecule has 0 saturated heterocycles. The van der Waals surface area contributed by atoms with Crippen molar-refractivity contribution in [1.82, 2.24) is 9.71 Å². The first-order chi connectivity index (χ1) is 9.56. The van der Waals surface area contributed by atoms with E-state index in [1.54, 1.807) is 37.6 Å². The summed E-state index contributed by atoms with van der Waals surface area (Å²) < 4.78 is 32.2. The van der Waals surface area contributed by atoms with E-state index >= 15 is 0 Å². The number of sulfonamides is 1. The zero-order valence-electron chi connectivity index (χ0n) is 11.6. The van der Waals surface area contributed by atoms with Gasteiger partial charge in [-0.05, 0) is 37.1 Å². The van der Waals surface area contributed by atoms with Gasteiger partial charge in [0.1, 0.15) is 0 Å². The van der Waals surface area contributed by atoms with E-state index in [-0.39, 0.29) is 4.90 Å². The Bertz CT molecular complexity index is 699. The quantitative estimate of drug-likeness (QED) is 0.826. The zero-order valence-corrected chi connectivity index (χ0v) is 12.4. The zero-order chi connectivity index (χ0) is 14.6. The molecule has 6 heteroatoms. The highest BCUT2D eigenvalue weighted by Crippen LogP contribution is 2.23. The molecular weight excluding hydrogens is 276 g/mol. The van der Waals surface area contributed by atoms with Crippen LogP contribution in [0.1, 0.15) is 12.0 Å². The van der Waals surface area contributed by atoms with Crippen LogP contribution >= 0.6 is 0 Å². The predicted molar refractivity (Wildman–Crippen MR) is 78.2 cm³/mol. The van der Waals surface area contributed by atoms with Gasteiger partial charge in [-0.1, -0.05) is 6.07 Å². The van der Waals surface area contributed by atoms with Crippen molar-refractivity contribution in [2.24, 2.45) is 0 Å². The summed E-state index contributed by atoms with van der Waals surface area (Å²) in [6.45, 7) is 2.79. The molecule has 0 aliphatic rings. The highest BCUT2D eigenvalue weighted by Gasteiger charge is 2.17. The van der Waals surface area contributed by atoms with Gasteiger partial charge in [0.2, 0.25) is 10.0 Å². The highest BCUT2D eigenvalue weighted by atomic mass is 32.2. The van der Waals surface area contributed by atoms with E-state index in [9.17, 15) is 8.42 Å². The van der Waals surface area contributed by atoms with Crippen LogP contribution in [0.25, 0.3) is 10.9 Å². The SMILES string of the molecule is COCCCNS(=O)(=O)c1ccc(C)c2ncccc12. The third kappa shape index (κ3) is 3.15. The van der Waals surface area contributed by atoms with Gasteiger partial charge >= 0.3 is 0 Å². The number of ether oxygens (including phenoxy) is 1. The number of nitrogens with one attached hydrogen (secondary N) is 1. The van der Waals surface area contributed by atoms with Crippen LogP contribution in [0.4, 0.5) is 0 Å². The van der Waals surface area contributed by atoms with Crippen molar-refractivity contribution in [2.45, 2.75) is 18.2 Å². The molecule has 2 rings (SSSR count). The summed E-state index contributed by atoms with van der Waals surface area (Å²) in [6.07, 6.45) is 2.30. The molecule has 108 valence electrons. The van der Waals surface area contributed by atoms with Crippen molar-refractivity contribution in [2.75, 3.05) is 20.3 Å². The van der Waals surface area contributed by atoms with E-state index in [1.807, 2.05) is 6.92 Å². The summed E-state index contributed by atoms with van der Waals surface area (Å²) >= 11 is 0. The van der Waals surface area contributed by atoms with Crippen LogP contribution < -0.4 is 4.72 Å². The molecule has 0 unspecified atom stereocenters. The summed E-state index contributed by atoms with van der Waals surface area (Å²) in [5.74, 6) is 0. The van der Waals surface area contributed by atoms with Crippen molar-refractivity contribution < 1.29 is 13.2 Å². The summed E-state index contributed by atoms with van der Waals surface area (Å²) in [4.78, 5) is 4.52. The third-order valence-electron chi connectivity index (χ3n) is 3.04. The van der Waals surface area contributed by atoms with Crippen LogP contribution in [-0.4, -0.2) is 33.7 Å². The van der Waals surface area contributed by atoms with Gasteiger partial charge < -0.3 is 4.74 Å². The minimum absolute atomic E-state index is 0.267. The normalized spacial score (nSPS) is 11.9. The highest BCUT2D eigenvalue weighted by molar-refractivity contribution is 7.89. The van der Waals surface area contributed by atoms with E-state index in [0.717, 1.165) is 5.56 Å². The molecule has 1 N–H and O–H groups in total. The van der Waals surface area contributed by atoms with Crippen molar-refractivity contribution in [1.29, 1.82) is 0 Å². The fourth-order valence-corrected chi connectivity index (χ4v) is 3.29. The molecule has 0 fully saturated rings. The first-order valence-electron chi connectivity index (χ1n) is 6.39. The second-order valence-corrected chi connectivity index (χ2v) is 6.26. The van der Waals surface area contributed by atoms with E-state index in [2.05, 4.69) is 9.71 Å². The summed E-state index contributed by atoms with van der Waals surface area (Å²) in [5, 5.41) is 0.645. The van der Waals surface area contributed by atoms with Gasteiger partial charge in [0.25, 0.3) is 0 Å². The van der Waals surface area contributed by atoms with Crippen LogP contribution in [-0.2, 0) is 14.8 Å². The Kier molecular flexibility index (Phi) is 4.69. The number of nitrogens with zero attached hydrogens (tertiary/aromatic N) is 1. The maximum atomic E-state index is 12.3. The molecule has 0 radical (unpaired) electrons. The summed E-state index contributed by atoms with van der Waals surface area (Å²) in [7, 11) is -1.94.